The number of nitrogens with one attached hydrogen (secondary N) is 1. The molecule has 0 aromatic heterocycles. The number of aliphatic hydroxyl groups excluding tert-OH is 1. The maximum Gasteiger partial charge on any atom is 0.252 e. The van der Waals surface area contributed by atoms with E-state index in [4.69, 9.17) is 4.74 Å². The minimum absolute atomic E-state index is 0.0975. The lowest BCUT2D eigenvalue weighted by Gasteiger charge is -2.16. The van der Waals surface area contributed by atoms with Crippen LogP contribution in [0, 0.1) is 3.57 Å². The molecule has 1 aromatic carbocycles. The maximum absolute atomic E-state index is 12.1. The molecule has 6 heteroatoms. The van der Waals surface area contributed by atoms with E-state index >= 15 is 0 Å². The van der Waals surface area contributed by atoms with Gasteiger partial charge in [-0.15, -0.1) is 0 Å². The van der Waals surface area contributed by atoms with Crippen molar-refractivity contribution in [2.75, 3.05) is 20.3 Å². The number of halogens is 2. The molecule has 4 nitrogen and oxygen atoms in total. The van der Waals surface area contributed by atoms with E-state index in [0.717, 1.165) is 8.04 Å². The summed E-state index contributed by atoms with van der Waals surface area (Å²) < 4.78 is 6.66. The van der Waals surface area contributed by atoms with Crippen LogP contribution in [0.3, 0.4) is 0 Å². The van der Waals surface area contributed by atoms with Crippen LogP contribution in [0.5, 0.6) is 0 Å². The lowest BCUT2D eigenvalue weighted by Crippen LogP contribution is -2.38. The molecule has 0 aliphatic heterocycles. The van der Waals surface area contributed by atoms with Crippen LogP contribution in [0.4, 0.5) is 0 Å². The Hall–Kier alpha value is -0.180. The van der Waals surface area contributed by atoms with Gasteiger partial charge in [-0.3, -0.25) is 4.79 Å². The predicted octanol–water partition coefficient (Wildman–Crippen LogP) is 2.18. The molecule has 0 radical (unpaired) electrons. The van der Waals surface area contributed by atoms with Crippen molar-refractivity contribution >= 4 is 44.4 Å². The van der Waals surface area contributed by atoms with E-state index in [-0.39, 0.29) is 18.6 Å². The van der Waals surface area contributed by atoms with Crippen LogP contribution in [0.2, 0.25) is 0 Å². The zero-order valence-corrected chi connectivity index (χ0v) is 13.7. The molecule has 0 fully saturated rings. The fraction of sp³-hybridized carbons (Fsp3) is 0.417. The molecule has 0 saturated carbocycles. The second-order valence-corrected chi connectivity index (χ2v) is 5.84. The Kier molecular flexibility index (Phi) is 7.13. The van der Waals surface area contributed by atoms with E-state index < -0.39 is 0 Å². The fourth-order valence-corrected chi connectivity index (χ4v) is 2.35. The van der Waals surface area contributed by atoms with Gasteiger partial charge in [0.1, 0.15) is 0 Å². The van der Waals surface area contributed by atoms with Gasteiger partial charge >= 0.3 is 0 Å². The minimum Gasteiger partial charge on any atom is -0.394 e. The number of methoxy groups -OCH3 is 1. The number of amides is 1. The molecule has 0 saturated heterocycles. The first kappa shape index (κ1) is 15.9. The Balaban J connectivity index is 2.71. The summed E-state index contributed by atoms with van der Waals surface area (Å²) in [5.74, 6) is -0.184. The van der Waals surface area contributed by atoms with Gasteiger partial charge in [0.05, 0.1) is 18.2 Å². The number of benzene rings is 1. The number of rotatable bonds is 6. The molecule has 0 aliphatic carbocycles. The topological polar surface area (TPSA) is 58.6 Å². The molecule has 0 bridgehead atoms. The van der Waals surface area contributed by atoms with Gasteiger partial charge in [-0.1, -0.05) is 15.9 Å². The second kappa shape index (κ2) is 8.08. The highest BCUT2D eigenvalue weighted by Gasteiger charge is 2.15. The average molecular weight is 428 g/mol. The summed E-state index contributed by atoms with van der Waals surface area (Å²) in [5.41, 5.74) is 0.598. The predicted molar refractivity (Wildman–Crippen MR) is 81.7 cm³/mol. The van der Waals surface area contributed by atoms with E-state index in [9.17, 15) is 9.90 Å². The van der Waals surface area contributed by atoms with Gasteiger partial charge < -0.3 is 15.2 Å². The highest BCUT2D eigenvalue weighted by atomic mass is 127. The van der Waals surface area contributed by atoms with Crippen LogP contribution < -0.4 is 5.32 Å². The molecule has 0 spiro atoms. The smallest absolute Gasteiger partial charge is 0.252 e. The van der Waals surface area contributed by atoms with E-state index in [1.165, 1.54) is 0 Å². The highest BCUT2D eigenvalue weighted by Crippen LogP contribution is 2.18. The van der Waals surface area contributed by atoms with Gasteiger partial charge in [0, 0.05) is 21.8 Å². The molecule has 1 unspecified atom stereocenters. The lowest BCUT2D eigenvalue weighted by atomic mass is 10.1. The largest absolute Gasteiger partial charge is 0.394 e. The number of carbonyl (C=O) groups is 1. The first-order valence-electron chi connectivity index (χ1n) is 5.44. The zero-order chi connectivity index (χ0) is 13.5. The normalized spacial score (nSPS) is 12.2. The van der Waals surface area contributed by atoms with E-state index in [0.29, 0.717) is 18.6 Å². The third kappa shape index (κ3) is 4.83. The number of aliphatic hydroxyl groups is 1. The van der Waals surface area contributed by atoms with Crippen molar-refractivity contribution in [3.8, 4) is 0 Å². The monoisotopic (exact) mass is 427 g/mol. The maximum atomic E-state index is 12.1. The number of carbonyl (C=O) groups excluding carboxylic acids is 1. The summed E-state index contributed by atoms with van der Waals surface area (Å²) in [6.07, 6.45) is 0.587. The number of ether oxygens (including phenoxy) is 1. The van der Waals surface area contributed by atoms with Gasteiger partial charge in [-0.2, -0.15) is 0 Å². The first-order valence-corrected chi connectivity index (χ1v) is 7.31. The Morgan fingerprint density at radius 3 is 2.94 bits per heavy atom. The van der Waals surface area contributed by atoms with Crippen molar-refractivity contribution in [2.45, 2.75) is 12.5 Å². The quantitative estimate of drug-likeness (QED) is 0.684. The molecule has 1 aromatic rings. The minimum atomic E-state index is -0.285. The molecule has 2 N–H and O–H groups in total. The van der Waals surface area contributed by atoms with Crippen molar-refractivity contribution in [3.63, 3.8) is 0 Å². The van der Waals surface area contributed by atoms with Gasteiger partial charge in [0.25, 0.3) is 5.91 Å². The molecule has 1 amide bonds. The standard InChI is InChI=1S/C12H15BrINO3/c1-18-5-4-9(7-16)15-12(17)10-6-8(13)2-3-11(10)14/h2-3,6,9,16H,4-5,7H2,1H3,(H,15,17). The second-order valence-electron chi connectivity index (χ2n) is 3.76. The van der Waals surface area contributed by atoms with Crippen LogP contribution in [-0.2, 0) is 4.74 Å². The van der Waals surface area contributed by atoms with Crippen molar-refractivity contribution in [1.29, 1.82) is 0 Å². The number of hydrogen-bond acceptors (Lipinski definition) is 3. The molecule has 100 valence electrons. The fourth-order valence-electron chi connectivity index (χ4n) is 1.40. The Labute approximate surface area is 128 Å². The van der Waals surface area contributed by atoms with Crippen molar-refractivity contribution < 1.29 is 14.6 Å². The zero-order valence-electron chi connectivity index (χ0n) is 9.95. The summed E-state index contributed by atoms with van der Waals surface area (Å²) in [6.45, 7) is 0.404. The molecule has 0 heterocycles. The molecule has 18 heavy (non-hydrogen) atoms. The third-order valence-electron chi connectivity index (χ3n) is 2.40. The third-order valence-corrected chi connectivity index (χ3v) is 3.83. The molecular weight excluding hydrogens is 413 g/mol. The molecule has 0 aliphatic rings. The van der Waals surface area contributed by atoms with Crippen molar-refractivity contribution in [1.82, 2.24) is 5.32 Å². The molecule has 1 rings (SSSR count). The lowest BCUT2D eigenvalue weighted by molar-refractivity contribution is 0.0894. The number of hydrogen-bond donors (Lipinski definition) is 2. The van der Waals surface area contributed by atoms with Crippen LogP contribution in [0.25, 0.3) is 0 Å². The van der Waals surface area contributed by atoms with Crippen molar-refractivity contribution in [3.05, 3.63) is 31.8 Å². The average Bonchev–Trinajstić information content (AvgIpc) is 2.37. The van der Waals surface area contributed by atoms with E-state index in [2.05, 4.69) is 43.8 Å². The van der Waals surface area contributed by atoms with Gasteiger partial charge in [0.15, 0.2) is 0 Å². The highest BCUT2D eigenvalue weighted by molar-refractivity contribution is 14.1. The van der Waals surface area contributed by atoms with E-state index in [1.54, 1.807) is 13.2 Å². The van der Waals surface area contributed by atoms with Gasteiger partial charge in [-0.05, 0) is 47.2 Å². The SMILES string of the molecule is COCCC(CO)NC(=O)c1cc(Br)ccc1I. The summed E-state index contributed by atoms with van der Waals surface area (Å²) in [5, 5.41) is 12.0. The van der Waals surface area contributed by atoms with Gasteiger partial charge in [-0.25, -0.2) is 0 Å². The first-order chi connectivity index (χ1) is 8.58. The van der Waals surface area contributed by atoms with Crippen LogP contribution >= 0.6 is 38.5 Å². The summed E-state index contributed by atoms with van der Waals surface area (Å²) in [4.78, 5) is 12.1. The van der Waals surface area contributed by atoms with Crippen LogP contribution in [0.1, 0.15) is 16.8 Å². The van der Waals surface area contributed by atoms with Crippen LogP contribution in [-0.4, -0.2) is 37.4 Å². The van der Waals surface area contributed by atoms with Crippen LogP contribution in [0.15, 0.2) is 22.7 Å². The molecular formula is C12H15BrINO3. The molecule has 1 atom stereocenters. The van der Waals surface area contributed by atoms with Crippen molar-refractivity contribution in [2.24, 2.45) is 0 Å². The Bertz CT molecular complexity index is 414. The summed E-state index contributed by atoms with van der Waals surface area (Å²) >= 11 is 5.45. The van der Waals surface area contributed by atoms with E-state index in [1.807, 2.05) is 12.1 Å². The summed E-state index contributed by atoms with van der Waals surface area (Å²) in [6, 6.07) is 5.23. The summed E-state index contributed by atoms with van der Waals surface area (Å²) in [7, 11) is 1.59. The Morgan fingerprint density at radius 1 is 1.61 bits per heavy atom. The van der Waals surface area contributed by atoms with Gasteiger partial charge in [0.2, 0.25) is 0 Å². The Morgan fingerprint density at radius 2 is 2.33 bits per heavy atom.